The Labute approximate surface area is 114 Å². The lowest BCUT2D eigenvalue weighted by Crippen LogP contribution is -2.20. The maximum Gasteiger partial charge on any atom is 0.573 e. The van der Waals surface area contributed by atoms with Crippen molar-refractivity contribution < 1.29 is 35.9 Å². The molecule has 112 valence electrons. The van der Waals surface area contributed by atoms with Crippen molar-refractivity contribution in [1.82, 2.24) is 0 Å². The zero-order chi connectivity index (χ0) is 15.6. The van der Waals surface area contributed by atoms with Gasteiger partial charge in [-0.15, -0.1) is 24.8 Å². The van der Waals surface area contributed by atoms with Crippen LogP contribution in [0.3, 0.4) is 0 Å². The molecule has 0 atom stereocenters. The summed E-state index contributed by atoms with van der Waals surface area (Å²) in [7, 11) is 0. The van der Waals surface area contributed by atoms with E-state index in [1.807, 2.05) is 0 Å². The molecule has 9 heteroatoms. The monoisotopic (exact) mass is 320 g/mol. The Morgan fingerprint density at radius 3 is 2.20 bits per heavy atom. The van der Waals surface area contributed by atoms with Gasteiger partial charge in [-0.1, -0.05) is 6.07 Å². The smallest absolute Gasteiger partial charge is 0.405 e. The molecule has 20 heavy (non-hydrogen) atoms. The lowest BCUT2D eigenvalue weighted by Gasteiger charge is -2.16. The number of Topliss-reactive ketones (excluding diaryl/α,β-unsaturated/α-hetero) is 1. The summed E-state index contributed by atoms with van der Waals surface area (Å²) in [5, 5.41) is 0. The normalized spacial score (nSPS) is 12.3. The van der Waals surface area contributed by atoms with E-state index in [1.165, 1.54) is 0 Å². The van der Waals surface area contributed by atoms with Gasteiger partial charge < -0.3 is 4.74 Å². The van der Waals surface area contributed by atoms with E-state index in [-0.39, 0.29) is 5.56 Å². The Balaban J connectivity index is 3.17. The van der Waals surface area contributed by atoms with E-state index in [0.717, 1.165) is 6.07 Å². The Morgan fingerprint density at radius 2 is 1.75 bits per heavy atom. The number of halogens is 7. The SMILES string of the molecule is O=C(CCl)Cc1ccc(OC(F)(F)F)c(C(F)(F)F)c1. The molecule has 0 spiro atoms. The highest BCUT2D eigenvalue weighted by Gasteiger charge is 2.39. The predicted molar refractivity (Wildman–Crippen MR) is 57.6 cm³/mol. The van der Waals surface area contributed by atoms with E-state index in [4.69, 9.17) is 11.6 Å². The van der Waals surface area contributed by atoms with Gasteiger partial charge >= 0.3 is 12.5 Å². The fraction of sp³-hybridized carbons (Fsp3) is 0.364. The van der Waals surface area contributed by atoms with E-state index in [1.54, 1.807) is 0 Å². The summed E-state index contributed by atoms with van der Waals surface area (Å²) < 4.78 is 77.3. The van der Waals surface area contributed by atoms with Crippen LogP contribution in [-0.2, 0) is 17.4 Å². The average Bonchev–Trinajstić information content (AvgIpc) is 2.27. The van der Waals surface area contributed by atoms with Gasteiger partial charge in [0.05, 0.1) is 11.4 Å². The Bertz CT molecular complexity index is 495. The highest BCUT2D eigenvalue weighted by molar-refractivity contribution is 6.27. The van der Waals surface area contributed by atoms with Crippen LogP contribution in [0.4, 0.5) is 26.3 Å². The van der Waals surface area contributed by atoms with Gasteiger partial charge in [-0.2, -0.15) is 13.2 Å². The Morgan fingerprint density at radius 1 is 1.15 bits per heavy atom. The lowest BCUT2D eigenvalue weighted by atomic mass is 10.0. The summed E-state index contributed by atoms with van der Waals surface area (Å²) in [6, 6.07) is 1.90. The van der Waals surface area contributed by atoms with Crippen molar-refractivity contribution in [2.45, 2.75) is 19.0 Å². The summed E-state index contributed by atoms with van der Waals surface area (Å²) in [5.41, 5.74) is -1.70. The van der Waals surface area contributed by atoms with E-state index in [9.17, 15) is 31.1 Å². The third-order valence-corrected chi connectivity index (χ3v) is 2.42. The number of ketones is 1. The van der Waals surface area contributed by atoms with Crippen LogP contribution in [0.5, 0.6) is 5.75 Å². The van der Waals surface area contributed by atoms with E-state index in [0.29, 0.717) is 12.1 Å². The van der Waals surface area contributed by atoms with E-state index in [2.05, 4.69) is 4.74 Å². The molecule has 0 aliphatic heterocycles. The first kappa shape index (κ1) is 16.6. The fourth-order valence-electron chi connectivity index (χ4n) is 1.40. The third kappa shape index (κ3) is 4.92. The minimum atomic E-state index is -5.24. The number of rotatable bonds is 4. The van der Waals surface area contributed by atoms with Gasteiger partial charge in [-0.25, -0.2) is 0 Å². The topological polar surface area (TPSA) is 26.3 Å². The van der Waals surface area contributed by atoms with Gasteiger partial charge in [-0.3, -0.25) is 4.79 Å². The molecule has 1 aromatic carbocycles. The molecular formula is C11H7ClF6O2. The molecule has 0 aliphatic carbocycles. The Hall–Kier alpha value is -1.44. The molecule has 0 heterocycles. The van der Waals surface area contributed by atoms with Crippen molar-refractivity contribution in [2.24, 2.45) is 0 Å². The number of hydrogen-bond donors (Lipinski definition) is 0. The number of ether oxygens (including phenoxy) is 1. The number of alkyl halides is 7. The molecule has 0 unspecified atom stereocenters. The Kier molecular flexibility index (Phi) is 4.90. The van der Waals surface area contributed by atoms with Crippen LogP contribution in [0.15, 0.2) is 18.2 Å². The largest absolute Gasteiger partial charge is 0.573 e. The van der Waals surface area contributed by atoms with Crippen LogP contribution in [0.1, 0.15) is 11.1 Å². The summed E-state index contributed by atoms with van der Waals surface area (Å²) in [4.78, 5) is 11.0. The number of carbonyl (C=O) groups is 1. The van der Waals surface area contributed by atoms with Gasteiger partial charge in [0.15, 0.2) is 5.78 Å². The molecule has 2 nitrogen and oxygen atoms in total. The van der Waals surface area contributed by atoms with Crippen molar-refractivity contribution in [3.63, 3.8) is 0 Å². The van der Waals surface area contributed by atoms with E-state index >= 15 is 0 Å². The first-order valence-electron chi connectivity index (χ1n) is 5.06. The predicted octanol–water partition coefficient (Wildman–Crippen LogP) is 3.95. The van der Waals surface area contributed by atoms with Crippen LogP contribution in [0.2, 0.25) is 0 Å². The van der Waals surface area contributed by atoms with Crippen LogP contribution in [0.25, 0.3) is 0 Å². The van der Waals surface area contributed by atoms with Crippen molar-refractivity contribution >= 4 is 17.4 Å². The summed E-state index contributed by atoms with van der Waals surface area (Å²) in [6.45, 7) is 0. The molecule has 0 aliphatic rings. The second kappa shape index (κ2) is 5.90. The van der Waals surface area contributed by atoms with Gasteiger partial charge in [-0.05, 0) is 17.7 Å². The zero-order valence-corrected chi connectivity index (χ0v) is 10.4. The molecule has 1 aromatic rings. The molecule has 0 fully saturated rings. The highest BCUT2D eigenvalue weighted by atomic mass is 35.5. The standard InChI is InChI=1S/C11H7ClF6O2/c12-5-7(19)3-6-1-2-9(20-11(16,17)18)8(4-6)10(13,14)15/h1-2,4H,3,5H2. The molecule has 0 bridgehead atoms. The van der Waals surface area contributed by atoms with Crippen molar-refractivity contribution in [3.8, 4) is 5.75 Å². The van der Waals surface area contributed by atoms with Crippen LogP contribution in [-0.4, -0.2) is 18.0 Å². The molecule has 0 aromatic heterocycles. The minimum absolute atomic E-state index is 0.0995. The average molecular weight is 321 g/mol. The van der Waals surface area contributed by atoms with Crippen LogP contribution in [0, 0.1) is 0 Å². The molecule has 1 rings (SSSR count). The van der Waals surface area contributed by atoms with Crippen LogP contribution >= 0.6 is 11.6 Å². The zero-order valence-electron chi connectivity index (χ0n) is 9.61. The maximum atomic E-state index is 12.7. The van der Waals surface area contributed by atoms with Crippen molar-refractivity contribution in [2.75, 3.05) is 5.88 Å². The lowest BCUT2D eigenvalue weighted by molar-refractivity contribution is -0.276. The van der Waals surface area contributed by atoms with Gasteiger partial charge in [0.2, 0.25) is 0 Å². The summed E-state index contributed by atoms with van der Waals surface area (Å²) in [5.74, 6) is -2.32. The number of benzene rings is 1. The first-order chi connectivity index (χ1) is 9.03. The molecule has 0 saturated heterocycles. The second-order valence-electron chi connectivity index (χ2n) is 3.73. The quantitative estimate of drug-likeness (QED) is 0.620. The maximum absolute atomic E-state index is 12.7. The van der Waals surface area contributed by atoms with Crippen LogP contribution < -0.4 is 4.74 Å². The molecule has 0 saturated carbocycles. The molecule has 0 amide bonds. The molecule has 0 N–H and O–H groups in total. The first-order valence-corrected chi connectivity index (χ1v) is 5.60. The fourth-order valence-corrected chi connectivity index (χ4v) is 1.49. The van der Waals surface area contributed by atoms with Gasteiger partial charge in [0.1, 0.15) is 5.75 Å². The number of carbonyl (C=O) groups excluding carboxylic acids is 1. The van der Waals surface area contributed by atoms with Gasteiger partial charge in [0.25, 0.3) is 0 Å². The van der Waals surface area contributed by atoms with Crippen molar-refractivity contribution in [3.05, 3.63) is 29.3 Å². The van der Waals surface area contributed by atoms with Crippen molar-refractivity contribution in [1.29, 1.82) is 0 Å². The molecular weight excluding hydrogens is 314 g/mol. The number of hydrogen-bond acceptors (Lipinski definition) is 2. The summed E-state index contributed by atoms with van der Waals surface area (Å²) >= 11 is 5.20. The van der Waals surface area contributed by atoms with Gasteiger partial charge in [0, 0.05) is 6.42 Å². The third-order valence-electron chi connectivity index (χ3n) is 2.13. The van der Waals surface area contributed by atoms with E-state index < -0.39 is 41.9 Å². The second-order valence-corrected chi connectivity index (χ2v) is 3.99. The summed E-state index contributed by atoms with van der Waals surface area (Å²) in [6.07, 6.45) is -10.7. The minimum Gasteiger partial charge on any atom is -0.405 e. The molecule has 0 radical (unpaired) electrons. The highest BCUT2D eigenvalue weighted by Crippen LogP contribution is 2.39.